The molecule has 40 heavy (non-hydrogen) atoms. The predicted molar refractivity (Wildman–Crippen MR) is 151 cm³/mol. The minimum Gasteiger partial charge on any atom is -0.490 e. The molecule has 1 amide bonds. The molecule has 0 saturated carbocycles. The van der Waals surface area contributed by atoms with Gasteiger partial charge in [-0.1, -0.05) is 6.58 Å². The normalized spacial score (nSPS) is 13.2. The van der Waals surface area contributed by atoms with Crippen LogP contribution in [0, 0.1) is 11.6 Å². The van der Waals surface area contributed by atoms with Crippen molar-refractivity contribution < 1.29 is 18.3 Å². The smallest absolute Gasteiger partial charge is 0.246 e. The molecule has 0 fully saturated rings. The first kappa shape index (κ1) is 26.2. The van der Waals surface area contributed by atoms with Crippen molar-refractivity contribution in [1.29, 1.82) is 0 Å². The first-order chi connectivity index (χ1) is 19.2. The fourth-order valence-electron chi connectivity index (χ4n) is 4.78. The van der Waals surface area contributed by atoms with Crippen LogP contribution in [0.4, 0.5) is 8.78 Å². The number of benzene rings is 1. The van der Waals surface area contributed by atoms with Crippen LogP contribution in [-0.2, 0) is 24.8 Å². The van der Waals surface area contributed by atoms with E-state index in [1.54, 1.807) is 36.8 Å². The summed E-state index contributed by atoms with van der Waals surface area (Å²) in [4.78, 5) is 29.3. The Morgan fingerprint density at radius 2 is 2.02 bits per heavy atom. The van der Waals surface area contributed by atoms with E-state index >= 15 is 4.39 Å². The average Bonchev–Trinajstić information content (AvgIpc) is 3.66. The number of nitrogens with zero attached hydrogens (tertiary/aromatic N) is 6. The number of thiazole rings is 1. The van der Waals surface area contributed by atoms with Crippen LogP contribution in [0.5, 0.6) is 5.75 Å². The number of amides is 1. The third-order valence-corrected chi connectivity index (χ3v) is 8.49. The fraction of sp³-hybridized carbons (Fsp3) is 0.250. The van der Waals surface area contributed by atoms with E-state index in [0.29, 0.717) is 47.3 Å². The number of pyridine rings is 1. The zero-order chi connectivity index (χ0) is 28.1. The summed E-state index contributed by atoms with van der Waals surface area (Å²) in [7, 11) is 1.77. The number of thiophene rings is 1. The molecule has 0 atom stereocenters. The van der Waals surface area contributed by atoms with Gasteiger partial charge < -0.3 is 9.64 Å². The minimum absolute atomic E-state index is 0.0815. The third-order valence-electron chi connectivity index (χ3n) is 6.47. The number of hydrogen-bond donors (Lipinski definition) is 0. The van der Waals surface area contributed by atoms with Gasteiger partial charge in [-0.05, 0) is 31.4 Å². The maximum absolute atomic E-state index is 15.8. The van der Waals surface area contributed by atoms with Gasteiger partial charge in [0.2, 0.25) is 5.91 Å². The maximum atomic E-state index is 15.8. The van der Waals surface area contributed by atoms with Crippen LogP contribution in [-0.4, -0.2) is 48.2 Å². The van der Waals surface area contributed by atoms with Crippen molar-refractivity contribution in [2.45, 2.75) is 32.9 Å². The Kier molecular flexibility index (Phi) is 6.67. The number of halogens is 2. The first-order valence-corrected chi connectivity index (χ1v) is 14.3. The Labute approximate surface area is 236 Å². The van der Waals surface area contributed by atoms with Crippen molar-refractivity contribution in [2.75, 3.05) is 6.54 Å². The van der Waals surface area contributed by atoms with Gasteiger partial charge in [-0.3, -0.25) is 9.48 Å². The van der Waals surface area contributed by atoms with E-state index in [0.717, 1.165) is 26.7 Å². The summed E-state index contributed by atoms with van der Waals surface area (Å²) in [5, 5.41) is 7.65. The third kappa shape index (κ3) is 4.56. The monoisotopic (exact) mass is 578 g/mol. The molecule has 1 aliphatic heterocycles. The van der Waals surface area contributed by atoms with E-state index in [9.17, 15) is 9.18 Å². The van der Waals surface area contributed by atoms with Crippen molar-refractivity contribution in [3.05, 3.63) is 64.8 Å². The number of rotatable bonds is 6. The lowest BCUT2D eigenvalue weighted by Gasteiger charge is -2.24. The van der Waals surface area contributed by atoms with Crippen molar-refractivity contribution in [3.63, 3.8) is 0 Å². The molecular formula is C28H24F2N6O2S2. The quantitative estimate of drug-likeness (QED) is 0.229. The van der Waals surface area contributed by atoms with Crippen molar-refractivity contribution in [3.8, 4) is 39.1 Å². The van der Waals surface area contributed by atoms with Gasteiger partial charge in [0.05, 0.1) is 23.9 Å². The lowest BCUT2D eigenvalue weighted by Crippen LogP contribution is -2.34. The molecule has 0 N–H and O–H groups in total. The molecule has 204 valence electrons. The Hall–Kier alpha value is -4.03. The summed E-state index contributed by atoms with van der Waals surface area (Å²) < 4.78 is 38.4. The molecule has 0 spiro atoms. The molecule has 1 aliphatic rings. The van der Waals surface area contributed by atoms with Gasteiger partial charge in [0.25, 0.3) is 0 Å². The number of carbonyl (C=O) groups is 1. The molecule has 0 radical (unpaired) electrons. The highest BCUT2D eigenvalue weighted by molar-refractivity contribution is 7.18. The molecule has 12 heteroatoms. The van der Waals surface area contributed by atoms with Gasteiger partial charge in [-0.15, -0.1) is 27.8 Å². The van der Waals surface area contributed by atoms with E-state index in [-0.39, 0.29) is 23.3 Å². The lowest BCUT2D eigenvalue weighted by molar-refractivity contribution is -0.126. The van der Waals surface area contributed by atoms with E-state index in [4.69, 9.17) is 14.7 Å². The van der Waals surface area contributed by atoms with Crippen LogP contribution < -0.4 is 4.74 Å². The molecule has 4 aromatic heterocycles. The van der Waals surface area contributed by atoms with Crippen LogP contribution in [0.15, 0.2) is 42.6 Å². The summed E-state index contributed by atoms with van der Waals surface area (Å²) in [5.41, 5.74) is 2.38. The van der Waals surface area contributed by atoms with E-state index < -0.39 is 11.6 Å². The zero-order valence-electron chi connectivity index (χ0n) is 21.9. The van der Waals surface area contributed by atoms with Gasteiger partial charge in [-0.2, -0.15) is 0 Å². The largest absolute Gasteiger partial charge is 0.490 e. The lowest BCUT2D eigenvalue weighted by atomic mass is 9.99. The second-order valence-electron chi connectivity index (χ2n) is 9.62. The Morgan fingerprint density at radius 3 is 2.75 bits per heavy atom. The average molecular weight is 579 g/mol. The number of hydrogen-bond acceptors (Lipinski definition) is 8. The molecular weight excluding hydrogens is 554 g/mol. The Balaban J connectivity index is 1.64. The molecule has 0 aliphatic carbocycles. The number of aromatic nitrogens is 5. The molecule has 5 aromatic rings. The second kappa shape index (κ2) is 10.2. The van der Waals surface area contributed by atoms with E-state index in [1.807, 2.05) is 11.4 Å². The van der Waals surface area contributed by atoms with Gasteiger partial charge >= 0.3 is 0 Å². The highest BCUT2D eigenvalue weighted by atomic mass is 32.1. The molecule has 0 bridgehead atoms. The maximum Gasteiger partial charge on any atom is 0.246 e. The molecule has 5 heterocycles. The number of carbonyl (C=O) groups excluding carboxylic acids is 1. The van der Waals surface area contributed by atoms with Crippen molar-refractivity contribution in [2.24, 2.45) is 7.05 Å². The van der Waals surface area contributed by atoms with Crippen molar-refractivity contribution >= 4 is 38.7 Å². The van der Waals surface area contributed by atoms with Crippen LogP contribution in [0.25, 0.3) is 43.4 Å². The van der Waals surface area contributed by atoms with E-state index in [1.165, 1.54) is 34.8 Å². The topological polar surface area (TPSA) is 86.0 Å². The van der Waals surface area contributed by atoms with Crippen molar-refractivity contribution in [1.82, 2.24) is 29.6 Å². The standard InChI is InChI=1S/C28H24F2N6O2S2/c1-5-21(37)36-8-6-18-20(12-36)40-28(32-18)25-23(22-17(30)10-15(29)11-19(22)38-14(2)3)26-16(7-9-39-26)24(33-25)27-31-13-35(4)34-27/h5,7,9-11,13-14H,1,6,8,12H2,2-4H3. The molecule has 1 aromatic carbocycles. The highest BCUT2D eigenvalue weighted by Gasteiger charge is 2.30. The summed E-state index contributed by atoms with van der Waals surface area (Å²) in [6.45, 7) is 8.11. The Bertz CT molecular complexity index is 1790. The SMILES string of the molecule is C=CC(=O)N1CCc2nc(-c3nc(-c4ncn(C)n4)c4ccsc4c3-c3c(F)cc(F)cc3OC(C)C)sc2C1. The number of fused-ring (bicyclic) bond motifs is 2. The Morgan fingerprint density at radius 1 is 1.20 bits per heavy atom. The van der Waals surface area contributed by atoms with Crippen LogP contribution >= 0.6 is 22.7 Å². The molecule has 8 nitrogen and oxygen atoms in total. The zero-order valence-corrected chi connectivity index (χ0v) is 23.6. The fourth-order valence-corrected chi connectivity index (χ4v) is 6.85. The molecule has 0 unspecified atom stereocenters. The highest BCUT2D eigenvalue weighted by Crippen LogP contribution is 2.48. The first-order valence-electron chi connectivity index (χ1n) is 12.6. The summed E-state index contributed by atoms with van der Waals surface area (Å²) >= 11 is 2.81. The van der Waals surface area contributed by atoms with Crippen LogP contribution in [0.2, 0.25) is 0 Å². The van der Waals surface area contributed by atoms with Gasteiger partial charge in [0.15, 0.2) is 5.82 Å². The van der Waals surface area contributed by atoms with Gasteiger partial charge in [0.1, 0.15) is 40.1 Å². The minimum atomic E-state index is -0.763. The summed E-state index contributed by atoms with van der Waals surface area (Å²) in [6.07, 6.45) is 3.14. The van der Waals surface area contributed by atoms with E-state index in [2.05, 4.69) is 16.7 Å². The molecule has 0 saturated heterocycles. The van der Waals surface area contributed by atoms with Gasteiger partial charge in [0, 0.05) is 52.7 Å². The second-order valence-corrected chi connectivity index (χ2v) is 11.6. The molecule has 6 rings (SSSR count). The summed E-state index contributed by atoms with van der Waals surface area (Å²) in [6, 6.07) is 3.94. The predicted octanol–water partition coefficient (Wildman–Crippen LogP) is 6.02. The number of ether oxygens (including phenoxy) is 1. The van der Waals surface area contributed by atoms with Crippen LogP contribution in [0.1, 0.15) is 24.4 Å². The number of aryl methyl sites for hydroxylation is 1. The summed E-state index contributed by atoms with van der Waals surface area (Å²) in [5.74, 6) is -1.15. The van der Waals surface area contributed by atoms with Crippen LogP contribution in [0.3, 0.4) is 0 Å². The van der Waals surface area contributed by atoms with Gasteiger partial charge in [-0.25, -0.2) is 23.7 Å².